The average molecular weight is 241 g/mol. The number of hydrogen-bond donors (Lipinski definition) is 1. The number of fused-ring (bicyclic) bond motifs is 1. The predicted octanol–water partition coefficient (Wildman–Crippen LogP) is 3.43. The van der Waals surface area contributed by atoms with Gasteiger partial charge in [0, 0.05) is 17.0 Å². The van der Waals surface area contributed by atoms with Gasteiger partial charge in [-0.25, -0.2) is 4.79 Å². The lowest BCUT2D eigenvalue weighted by Crippen LogP contribution is -2.06. The monoisotopic (exact) mass is 241 g/mol. The number of aromatic carboxylic acids is 1. The lowest BCUT2D eigenvalue weighted by atomic mass is 9.98. The second kappa shape index (κ2) is 3.80. The fourth-order valence-electron chi connectivity index (χ4n) is 2.52. The second-order valence-corrected chi connectivity index (χ2v) is 5.10. The molecule has 1 N–H and O–H groups in total. The van der Waals surface area contributed by atoms with E-state index in [2.05, 4.69) is 4.98 Å². The third-order valence-electron chi connectivity index (χ3n) is 3.60. The van der Waals surface area contributed by atoms with E-state index in [4.69, 9.17) is 0 Å². The Morgan fingerprint density at radius 2 is 2.06 bits per heavy atom. The molecule has 92 valence electrons. The van der Waals surface area contributed by atoms with Crippen LogP contribution >= 0.6 is 0 Å². The van der Waals surface area contributed by atoms with Crippen LogP contribution in [0.3, 0.4) is 0 Å². The van der Waals surface area contributed by atoms with E-state index in [9.17, 15) is 9.90 Å². The molecule has 1 aromatic carbocycles. The summed E-state index contributed by atoms with van der Waals surface area (Å²) < 4.78 is 0. The van der Waals surface area contributed by atoms with Gasteiger partial charge < -0.3 is 5.11 Å². The Morgan fingerprint density at radius 1 is 1.33 bits per heavy atom. The van der Waals surface area contributed by atoms with Crippen LogP contribution in [0.2, 0.25) is 0 Å². The summed E-state index contributed by atoms with van der Waals surface area (Å²) in [5, 5.41) is 10.2. The van der Waals surface area contributed by atoms with Crippen LogP contribution in [-0.2, 0) is 0 Å². The van der Waals surface area contributed by atoms with E-state index in [-0.39, 0.29) is 0 Å². The standard InChI is InChI=1S/C15H15NO2/c1-8-3-6-12-11(7-8)13(15(17)18)9(2)14(16-12)10-4-5-10/h3,6-7,10H,4-5H2,1-2H3,(H,17,18). The number of hydrogen-bond acceptors (Lipinski definition) is 2. The highest BCUT2D eigenvalue weighted by Crippen LogP contribution is 2.42. The lowest BCUT2D eigenvalue weighted by Gasteiger charge is -2.11. The molecule has 0 saturated heterocycles. The van der Waals surface area contributed by atoms with Crippen LogP contribution < -0.4 is 0 Å². The molecular weight excluding hydrogens is 226 g/mol. The number of aryl methyl sites for hydroxylation is 1. The molecule has 0 unspecified atom stereocenters. The molecule has 1 aromatic heterocycles. The number of aromatic nitrogens is 1. The molecule has 3 nitrogen and oxygen atoms in total. The first-order valence-electron chi connectivity index (χ1n) is 6.22. The van der Waals surface area contributed by atoms with Crippen LogP contribution in [0, 0.1) is 13.8 Å². The third kappa shape index (κ3) is 1.67. The largest absolute Gasteiger partial charge is 0.478 e. The number of rotatable bonds is 2. The van der Waals surface area contributed by atoms with E-state index in [1.54, 1.807) is 0 Å². The van der Waals surface area contributed by atoms with Gasteiger partial charge in [-0.3, -0.25) is 4.98 Å². The van der Waals surface area contributed by atoms with Gasteiger partial charge in [-0.15, -0.1) is 0 Å². The maximum Gasteiger partial charge on any atom is 0.336 e. The van der Waals surface area contributed by atoms with Crippen LogP contribution in [0.1, 0.15) is 45.9 Å². The van der Waals surface area contributed by atoms with Crippen LogP contribution in [0.15, 0.2) is 18.2 Å². The van der Waals surface area contributed by atoms with Gasteiger partial charge in [0.1, 0.15) is 0 Å². The van der Waals surface area contributed by atoms with Gasteiger partial charge in [0.05, 0.1) is 11.1 Å². The van der Waals surface area contributed by atoms with E-state index in [1.165, 1.54) is 0 Å². The quantitative estimate of drug-likeness (QED) is 0.876. The minimum atomic E-state index is -0.854. The minimum absolute atomic E-state index is 0.422. The van der Waals surface area contributed by atoms with E-state index in [1.807, 2.05) is 32.0 Å². The van der Waals surface area contributed by atoms with E-state index < -0.39 is 5.97 Å². The summed E-state index contributed by atoms with van der Waals surface area (Å²) >= 11 is 0. The van der Waals surface area contributed by atoms with Crippen molar-refractivity contribution in [2.24, 2.45) is 0 Å². The zero-order valence-corrected chi connectivity index (χ0v) is 10.5. The molecule has 0 aliphatic heterocycles. The topological polar surface area (TPSA) is 50.2 Å². The average Bonchev–Trinajstić information content (AvgIpc) is 3.11. The van der Waals surface area contributed by atoms with Crippen molar-refractivity contribution in [1.29, 1.82) is 0 Å². The van der Waals surface area contributed by atoms with Crippen LogP contribution in [-0.4, -0.2) is 16.1 Å². The highest BCUT2D eigenvalue weighted by molar-refractivity contribution is 6.04. The minimum Gasteiger partial charge on any atom is -0.478 e. The number of carbonyl (C=O) groups is 1. The second-order valence-electron chi connectivity index (χ2n) is 5.10. The Bertz CT molecular complexity index is 657. The molecular formula is C15H15NO2. The number of carboxylic acids is 1. The van der Waals surface area contributed by atoms with Gasteiger partial charge in [0.25, 0.3) is 0 Å². The first-order valence-corrected chi connectivity index (χ1v) is 6.22. The molecule has 3 rings (SSSR count). The van der Waals surface area contributed by atoms with Crippen molar-refractivity contribution in [3.63, 3.8) is 0 Å². The van der Waals surface area contributed by atoms with E-state index in [0.29, 0.717) is 11.5 Å². The normalized spacial score (nSPS) is 15.0. The summed E-state index contributed by atoms with van der Waals surface area (Å²) in [7, 11) is 0. The third-order valence-corrected chi connectivity index (χ3v) is 3.60. The first-order chi connectivity index (χ1) is 8.58. The summed E-state index contributed by atoms with van der Waals surface area (Å²) in [4.78, 5) is 16.2. The molecule has 1 aliphatic carbocycles. The molecule has 1 fully saturated rings. The van der Waals surface area contributed by atoms with Crippen LogP contribution in [0.25, 0.3) is 10.9 Å². The van der Waals surface area contributed by atoms with E-state index >= 15 is 0 Å². The molecule has 0 bridgehead atoms. The van der Waals surface area contributed by atoms with Crippen molar-refractivity contribution in [2.75, 3.05) is 0 Å². The fraction of sp³-hybridized carbons (Fsp3) is 0.333. The Morgan fingerprint density at radius 3 is 2.67 bits per heavy atom. The molecule has 0 amide bonds. The van der Waals surface area contributed by atoms with Crippen molar-refractivity contribution >= 4 is 16.9 Å². The number of pyridine rings is 1. The molecule has 1 aliphatic rings. The zero-order chi connectivity index (χ0) is 12.9. The highest BCUT2D eigenvalue weighted by atomic mass is 16.4. The molecule has 1 saturated carbocycles. The van der Waals surface area contributed by atoms with Crippen molar-refractivity contribution in [1.82, 2.24) is 4.98 Å². The highest BCUT2D eigenvalue weighted by Gasteiger charge is 2.29. The maximum absolute atomic E-state index is 11.5. The summed E-state index contributed by atoms with van der Waals surface area (Å²) in [6.45, 7) is 3.85. The van der Waals surface area contributed by atoms with Crippen LogP contribution in [0.5, 0.6) is 0 Å². The summed E-state index contributed by atoms with van der Waals surface area (Å²) in [6, 6.07) is 5.81. The smallest absolute Gasteiger partial charge is 0.336 e. The van der Waals surface area contributed by atoms with Crippen molar-refractivity contribution in [2.45, 2.75) is 32.6 Å². The summed E-state index contributed by atoms with van der Waals surface area (Å²) in [5.74, 6) is -0.388. The van der Waals surface area contributed by atoms with Crippen LogP contribution in [0.4, 0.5) is 0 Å². The molecule has 3 heteroatoms. The van der Waals surface area contributed by atoms with Gasteiger partial charge >= 0.3 is 5.97 Å². The number of benzene rings is 1. The molecule has 18 heavy (non-hydrogen) atoms. The Hall–Kier alpha value is -1.90. The number of carboxylic acid groups (broad SMARTS) is 1. The molecule has 0 atom stereocenters. The first kappa shape index (κ1) is 11.2. The Balaban J connectivity index is 2.39. The lowest BCUT2D eigenvalue weighted by molar-refractivity contribution is 0.0698. The van der Waals surface area contributed by atoms with Crippen molar-refractivity contribution in [3.05, 3.63) is 40.6 Å². The van der Waals surface area contributed by atoms with Gasteiger partial charge in [-0.2, -0.15) is 0 Å². The molecule has 0 radical (unpaired) electrons. The summed E-state index contributed by atoms with van der Waals surface area (Å²) in [5.41, 5.74) is 4.09. The van der Waals surface area contributed by atoms with Gasteiger partial charge in [-0.05, 0) is 44.4 Å². The van der Waals surface area contributed by atoms with Gasteiger partial charge in [0.15, 0.2) is 0 Å². The van der Waals surface area contributed by atoms with Gasteiger partial charge in [0.2, 0.25) is 0 Å². The van der Waals surface area contributed by atoms with Crippen molar-refractivity contribution < 1.29 is 9.90 Å². The molecule has 0 spiro atoms. The summed E-state index contributed by atoms with van der Waals surface area (Å²) in [6.07, 6.45) is 2.26. The Labute approximate surface area is 105 Å². The van der Waals surface area contributed by atoms with Crippen molar-refractivity contribution in [3.8, 4) is 0 Å². The van der Waals surface area contributed by atoms with E-state index in [0.717, 1.165) is 40.6 Å². The number of nitrogens with zero attached hydrogens (tertiary/aromatic N) is 1. The predicted molar refractivity (Wildman–Crippen MR) is 70.2 cm³/mol. The maximum atomic E-state index is 11.5. The van der Waals surface area contributed by atoms with Gasteiger partial charge in [-0.1, -0.05) is 11.6 Å². The SMILES string of the molecule is Cc1ccc2nc(C3CC3)c(C)c(C(=O)O)c2c1. The fourth-order valence-corrected chi connectivity index (χ4v) is 2.52. The zero-order valence-electron chi connectivity index (χ0n) is 10.5. The molecule has 1 heterocycles. The molecule has 2 aromatic rings. The Kier molecular flexibility index (Phi) is 2.37.